The molecule has 1 N–H and O–H groups in total. The van der Waals surface area contributed by atoms with Gasteiger partial charge in [0.15, 0.2) is 5.03 Å². The van der Waals surface area contributed by atoms with Crippen LogP contribution in [0.5, 0.6) is 0 Å². The lowest BCUT2D eigenvalue weighted by Gasteiger charge is -2.37. The Balaban J connectivity index is 2.41. The van der Waals surface area contributed by atoms with Crippen LogP contribution in [0.4, 0.5) is 0 Å². The molecule has 2 unspecified atom stereocenters. The van der Waals surface area contributed by atoms with Gasteiger partial charge in [-0.05, 0) is 19.9 Å². The average Bonchev–Trinajstić information content (AvgIpc) is 2.64. The predicted molar refractivity (Wildman–Crippen MR) is 64.0 cm³/mol. The van der Waals surface area contributed by atoms with Crippen molar-refractivity contribution in [2.45, 2.75) is 31.0 Å². The minimum Gasteiger partial charge on any atom is -0.314 e. The Kier molecular flexibility index (Phi) is 3.24. The molecule has 1 aromatic heterocycles. The normalized spacial score (nSPS) is 27.2. The van der Waals surface area contributed by atoms with Crippen molar-refractivity contribution in [1.82, 2.24) is 19.4 Å². The van der Waals surface area contributed by atoms with Gasteiger partial charge in [0.2, 0.25) is 0 Å². The molecule has 96 valence electrons. The zero-order chi connectivity index (χ0) is 12.6. The lowest BCUT2D eigenvalue weighted by Crippen LogP contribution is -2.57. The van der Waals surface area contributed by atoms with Crippen LogP contribution in [0.2, 0.25) is 0 Å². The molecule has 0 bridgehead atoms. The third-order valence-electron chi connectivity index (χ3n) is 3.07. The highest BCUT2D eigenvalue weighted by Gasteiger charge is 2.36. The maximum atomic E-state index is 12.5. The molecular formula is C10H18N4O2S. The number of hydrogen-bond acceptors (Lipinski definition) is 4. The van der Waals surface area contributed by atoms with Gasteiger partial charge in [0.25, 0.3) is 10.0 Å². The van der Waals surface area contributed by atoms with Gasteiger partial charge in [-0.3, -0.25) is 4.68 Å². The van der Waals surface area contributed by atoms with Crippen molar-refractivity contribution >= 4 is 10.0 Å². The van der Waals surface area contributed by atoms with Gasteiger partial charge in [0.1, 0.15) is 0 Å². The van der Waals surface area contributed by atoms with Crippen LogP contribution in [-0.2, 0) is 17.1 Å². The standard InChI is InChI=1S/C10H18N4O2S/c1-8-6-11-7-9(2)14(8)17(15,16)10-4-5-12-13(10)3/h4-5,8-9,11H,6-7H2,1-3H3. The van der Waals surface area contributed by atoms with E-state index in [1.54, 1.807) is 11.4 Å². The van der Waals surface area contributed by atoms with E-state index < -0.39 is 10.0 Å². The van der Waals surface area contributed by atoms with Crippen molar-refractivity contribution in [2.24, 2.45) is 7.05 Å². The molecule has 1 aliphatic rings. The summed E-state index contributed by atoms with van der Waals surface area (Å²) < 4.78 is 28.0. The molecule has 0 aromatic carbocycles. The van der Waals surface area contributed by atoms with Gasteiger partial charge in [-0.1, -0.05) is 0 Å². The van der Waals surface area contributed by atoms with E-state index in [1.165, 1.54) is 16.9 Å². The number of aromatic nitrogens is 2. The van der Waals surface area contributed by atoms with Crippen LogP contribution in [0.1, 0.15) is 13.8 Å². The summed E-state index contributed by atoms with van der Waals surface area (Å²) >= 11 is 0. The second-order valence-corrected chi connectivity index (χ2v) is 6.27. The number of nitrogens with zero attached hydrogens (tertiary/aromatic N) is 3. The van der Waals surface area contributed by atoms with Gasteiger partial charge < -0.3 is 5.32 Å². The summed E-state index contributed by atoms with van der Waals surface area (Å²) in [6, 6.07) is 1.45. The van der Waals surface area contributed by atoms with Crippen LogP contribution in [0.3, 0.4) is 0 Å². The van der Waals surface area contributed by atoms with Gasteiger partial charge in [0.05, 0.1) is 6.20 Å². The largest absolute Gasteiger partial charge is 0.314 e. The third-order valence-corrected chi connectivity index (χ3v) is 5.27. The van der Waals surface area contributed by atoms with Crippen LogP contribution < -0.4 is 5.32 Å². The monoisotopic (exact) mass is 258 g/mol. The number of sulfonamides is 1. The summed E-state index contributed by atoms with van der Waals surface area (Å²) in [6.07, 6.45) is 1.50. The molecule has 0 amide bonds. The predicted octanol–water partition coefficient (Wildman–Crippen LogP) is -0.209. The van der Waals surface area contributed by atoms with Crippen LogP contribution in [0.15, 0.2) is 17.3 Å². The van der Waals surface area contributed by atoms with Crippen molar-refractivity contribution in [2.75, 3.05) is 13.1 Å². The highest BCUT2D eigenvalue weighted by atomic mass is 32.2. The number of aryl methyl sites for hydroxylation is 1. The average molecular weight is 258 g/mol. The van der Waals surface area contributed by atoms with Gasteiger partial charge in [-0.25, -0.2) is 8.42 Å². The molecule has 2 heterocycles. The van der Waals surface area contributed by atoms with Crippen LogP contribution in [0.25, 0.3) is 0 Å². The van der Waals surface area contributed by atoms with Gasteiger partial charge in [-0.2, -0.15) is 9.40 Å². The van der Waals surface area contributed by atoms with Gasteiger partial charge >= 0.3 is 0 Å². The first-order valence-electron chi connectivity index (χ1n) is 5.67. The molecule has 1 saturated heterocycles. The number of rotatable bonds is 2. The minimum atomic E-state index is -3.45. The maximum absolute atomic E-state index is 12.5. The van der Waals surface area contributed by atoms with Crippen LogP contribution in [0, 0.1) is 0 Å². The molecule has 1 fully saturated rings. The van der Waals surface area contributed by atoms with E-state index in [1.807, 2.05) is 13.8 Å². The first-order valence-corrected chi connectivity index (χ1v) is 7.11. The molecule has 7 heteroatoms. The van der Waals surface area contributed by atoms with Gasteiger partial charge in [0, 0.05) is 32.2 Å². The van der Waals surface area contributed by atoms with E-state index in [2.05, 4.69) is 10.4 Å². The quantitative estimate of drug-likeness (QED) is 0.797. The number of hydrogen-bond donors (Lipinski definition) is 1. The van der Waals surface area contributed by atoms with E-state index in [0.717, 1.165) is 0 Å². The Morgan fingerprint density at radius 2 is 1.94 bits per heavy atom. The van der Waals surface area contributed by atoms with E-state index in [-0.39, 0.29) is 17.1 Å². The molecule has 0 aliphatic carbocycles. The molecule has 6 nitrogen and oxygen atoms in total. The second kappa shape index (κ2) is 4.40. The summed E-state index contributed by atoms with van der Waals surface area (Å²) in [5.41, 5.74) is 0. The molecule has 1 aliphatic heterocycles. The molecule has 0 spiro atoms. The van der Waals surface area contributed by atoms with Gasteiger partial charge in [-0.15, -0.1) is 0 Å². The fourth-order valence-corrected chi connectivity index (χ4v) is 4.24. The van der Waals surface area contributed by atoms with Crippen LogP contribution in [-0.4, -0.2) is 47.7 Å². The molecule has 0 radical (unpaired) electrons. The first kappa shape index (κ1) is 12.5. The third kappa shape index (κ3) is 2.10. The van der Waals surface area contributed by atoms with E-state index in [4.69, 9.17) is 0 Å². The highest BCUT2D eigenvalue weighted by molar-refractivity contribution is 7.89. The fourth-order valence-electron chi connectivity index (χ4n) is 2.31. The lowest BCUT2D eigenvalue weighted by molar-refractivity contribution is 0.218. The highest BCUT2D eigenvalue weighted by Crippen LogP contribution is 2.21. The minimum absolute atomic E-state index is 0.0429. The lowest BCUT2D eigenvalue weighted by atomic mass is 10.2. The number of nitrogens with one attached hydrogen (secondary N) is 1. The molecule has 2 atom stereocenters. The van der Waals surface area contributed by atoms with E-state index >= 15 is 0 Å². The molecule has 0 saturated carbocycles. The summed E-state index contributed by atoms with van der Waals surface area (Å²) in [6.45, 7) is 5.19. The Morgan fingerprint density at radius 3 is 2.41 bits per heavy atom. The molecular weight excluding hydrogens is 240 g/mol. The van der Waals surface area contributed by atoms with E-state index in [0.29, 0.717) is 13.1 Å². The first-order chi connectivity index (χ1) is 7.94. The Morgan fingerprint density at radius 1 is 1.35 bits per heavy atom. The Labute approximate surface area is 102 Å². The summed E-state index contributed by atoms with van der Waals surface area (Å²) in [5, 5.41) is 7.39. The summed E-state index contributed by atoms with van der Waals surface area (Å²) in [7, 11) is -1.81. The van der Waals surface area contributed by atoms with Crippen molar-refractivity contribution in [1.29, 1.82) is 0 Å². The summed E-state index contributed by atoms with van der Waals surface area (Å²) in [4.78, 5) is 0. The molecule has 1 aromatic rings. The van der Waals surface area contributed by atoms with Crippen molar-refractivity contribution in [3.8, 4) is 0 Å². The molecule has 17 heavy (non-hydrogen) atoms. The summed E-state index contributed by atoms with van der Waals surface area (Å²) in [5.74, 6) is 0. The topological polar surface area (TPSA) is 67.2 Å². The second-order valence-electron chi connectivity index (χ2n) is 4.48. The zero-order valence-corrected chi connectivity index (χ0v) is 11.1. The maximum Gasteiger partial charge on any atom is 0.260 e. The fraction of sp³-hybridized carbons (Fsp3) is 0.700. The smallest absolute Gasteiger partial charge is 0.260 e. The SMILES string of the molecule is CC1CNCC(C)N1S(=O)(=O)c1ccnn1C. The van der Waals surface area contributed by atoms with Crippen molar-refractivity contribution in [3.63, 3.8) is 0 Å². The molecule has 2 rings (SSSR count). The van der Waals surface area contributed by atoms with Crippen molar-refractivity contribution in [3.05, 3.63) is 12.3 Å². The Bertz CT molecular complexity index is 486. The number of piperazine rings is 1. The zero-order valence-electron chi connectivity index (χ0n) is 10.3. The van der Waals surface area contributed by atoms with E-state index in [9.17, 15) is 8.42 Å². The Hall–Kier alpha value is -0.920. The van der Waals surface area contributed by atoms with Crippen LogP contribution >= 0.6 is 0 Å². The van der Waals surface area contributed by atoms with Crippen molar-refractivity contribution < 1.29 is 8.42 Å².